The predicted octanol–water partition coefficient (Wildman–Crippen LogP) is 2.22. The number of fused-ring (bicyclic) bond motifs is 1. The van der Waals surface area contributed by atoms with Gasteiger partial charge in [-0.2, -0.15) is 17.9 Å². The number of thiol groups is 1. The fraction of sp³-hybridized carbons (Fsp3) is 0.348. The maximum absolute atomic E-state index is 9.19. The number of nitrogens with zero attached hydrogens (tertiary/aromatic N) is 2. The minimum absolute atomic E-state index is 0.571. The van der Waals surface area contributed by atoms with Crippen molar-refractivity contribution < 1.29 is 4.74 Å². The number of nitriles is 1. The first-order valence-corrected chi connectivity index (χ1v) is 10.5. The van der Waals surface area contributed by atoms with Crippen molar-refractivity contribution in [3.05, 3.63) is 52.4 Å². The van der Waals surface area contributed by atoms with E-state index in [1.807, 2.05) is 24.3 Å². The lowest BCUT2D eigenvalue weighted by atomic mass is 10.0. The summed E-state index contributed by atoms with van der Waals surface area (Å²) in [5.74, 6) is 1.50. The molecule has 4 nitrogen and oxygen atoms in total. The molecule has 0 aliphatic carbocycles. The monoisotopic (exact) mass is 393 g/mol. The van der Waals surface area contributed by atoms with Crippen LogP contribution in [0, 0.1) is 17.2 Å². The van der Waals surface area contributed by atoms with E-state index in [2.05, 4.69) is 60.4 Å². The van der Waals surface area contributed by atoms with Crippen molar-refractivity contribution in [2.24, 2.45) is 5.92 Å². The van der Waals surface area contributed by atoms with Crippen molar-refractivity contribution in [3.8, 4) is 22.9 Å². The highest BCUT2D eigenvalue weighted by molar-refractivity contribution is 7.79. The summed E-state index contributed by atoms with van der Waals surface area (Å²) >= 11 is 3.53. The first-order chi connectivity index (χ1) is 13.7. The molecule has 1 fully saturated rings. The van der Waals surface area contributed by atoms with Gasteiger partial charge in [-0.3, -0.25) is 0 Å². The summed E-state index contributed by atoms with van der Waals surface area (Å²) in [7, 11) is 2.08. The molecule has 0 saturated carbocycles. The molecule has 2 aromatic rings. The van der Waals surface area contributed by atoms with E-state index in [0.717, 1.165) is 48.3 Å². The Morgan fingerprint density at radius 3 is 2.86 bits per heavy atom. The predicted molar refractivity (Wildman–Crippen MR) is 119 cm³/mol. The van der Waals surface area contributed by atoms with Crippen molar-refractivity contribution in [3.63, 3.8) is 0 Å². The lowest BCUT2D eigenvalue weighted by molar-refractivity contribution is 0.257. The van der Waals surface area contributed by atoms with Crippen LogP contribution in [0.4, 0.5) is 0 Å². The van der Waals surface area contributed by atoms with Crippen LogP contribution in [-0.2, 0) is 0 Å². The van der Waals surface area contributed by atoms with Gasteiger partial charge in [-0.05, 0) is 59.8 Å². The Bertz CT molecular complexity index is 974. The average Bonchev–Trinajstić information content (AvgIpc) is 3.27. The van der Waals surface area contributed by atoms with E-state index < -0.39 is 0 Å². The molecule has 1 unspecified atom stereocenters. The van der Waals surface area contributed by atoms with Crippen LogP contribution < -0.4 is 20.5 Å². The number of ether oxygens (including phenoxy) is 1. The zero-order valence-electron chi connectivity index (χ0n) is 16.5. The van der Waals surface area contributed by atoms with Gasteiger partial charge in [0.1, 0.15) is 5.75 Å². The van der Waals surface area contributed by atoms with Gasteiger partial charge in [-0.25, -0.2) is 0 Å². The first-order valence-electron chi connectivity index (χ1n) is 9.58. The Balaban J connectivity index is 0.00000109. The molecule has 4 rings (SSSR count). The van der Waals surface area contributed by atoms with Crippen LogP contribution >= 0.6 is 12.6 Å². The molecule has 0 bridgehead atoms. The molecule has 2 aliphatic rings. The Labute approximate surface area is 172 Å². The maximum Gasteiger partial charge on any atom is 0.129 e. The highest BCUT2D eigenvalue weighted by Gasteiger charge is 2.16. The molecule has 1 atom stereocenters. The molecule has 2 aliphatic heterocycles. The van der Waals surface area contributed by atoms with E-state index in [0.29, 0.717) is 11.5 Å². The quantitative estimate of drug-likeness (QED) is 0.782. The van der Waals surface area contributed by atoms with Gasteiger partial charge in [0.25, 0.3) is 0 Å². The van der Waals surface area contributed by atoms with Gasteiger partial charge < -0.3 is 15.0 Å². The Morgan fingerprint density at radius 2 is 2.11 bits per heavy atom. The lowest BCUT2D eigenvalue weighted by Gasteiger charge is -2.19. The van der Waals surface area contributed by atoms with Gasteiger partial charge in [0.2, 0.25) is 0 Å². The molecule has 146 valence electrons. The average molecular weight is 394 g/mol. The van der Waals surface area contributed by atoms with Crippen molar-refractivity contribution in [1.82, 2.24) is 10.2 Å². The molecular weight excluding hydrogens is 366 g/mol. The molecule has 28 heavy (non-hydrogen) atoms. The van der Waals surface area contributed by atoms with Gasteiger partial charge in [-0.1, -0.05) is 18.2 Å². The second-order valence-electron chi connectivity index (χ2n) is 7.11. The lowest BCUT2D eigenvalue weighted by Crippen LogP contribution is -2.35. The Morgan fingerprint density at radius 1 is 1.25 bits per heavy atom. The van der Waals surface area contributed by atoms with Crippen LogP contribution in [0.25, 0.3) is 23.4 Å². The van der Waals surface area contributed by atoms with Crippen LogP contribution in [0.3, 0.4) is 0 Å². The van der Waals surface area contributed by atoms with Gasteiger partial charge in [0.15, 0.2) is 0 Å². The van der Waals surface area contributed by atoms with E-state index in [9.17, 15) is 5.26 Å². The SMILES string of the molecule is CN1C=c2c(OCC3CCNC3)cc(-c3cccc(C#N)c3)cc2=CC1.CS. The van der Waals surface area contributed by atoms with Crippen LogP contribution in [0.2, 0.25) is 0 Å². The number of hydrogen-bond donors (Lipinski definition) is 2. The van der Waals surface area contributed by atoms with E-state index in [4.69, 9.17) is 4.74 Å². The molecular formula is C23H27N3OS. The zero-order chi connectivity index (χ0) is 19.9. The van der Waals surface area contributed by atoms with Gasteiger partial charge >= 0.3 is 0 Å². The van der Waals surface area contributed by atoms with Gasteiger partial charge in [-0.15, -0.1) is 0 Å². The minimum atomic E-state index is 0.571. The van der Waals surface area contributed by atoms with E-state index in [1.165, 1.54) is 11.6 Å². The van der Waals surface area contributed by atoms with Crippen LogP contribution in [0.15, 0.2) is 36.4 Å². The summed E-state index contributed by atoms with van der Waals surface area (Å²) < 4.78 is 6.27. The maximum atomic E-state index is 9.19. The summed E-state index contributed by atoms with van der Waals surface area (Å²) in [5.41, 5.74) is 2.82. The highest BCUT2D eigenvalue weighted by atomic mass is 32.1. The molecule has 0 spiro atoms. The topological polar surface area (TPSA) is 48.3 Å². The van der Waals surface area contributed by atoms with Gasteiger partial charge in [0, 0.05) is 37.5 Å². The summed E-state index contributed by atoms with van der Waals surface area (Å²) in [6.07, 6.45) is 7.26. The smallest absolute Gasteiger partial charge is 0.129 e. The van der Waals surface area contributed by atoms with Crippen LogP contribution in [0.5, 0.6) is 5.75 Å². The standard InChI is InChI=1S/C22H23N3O.CH4S/c1-25-8-6-19-10-20(18-4-2-3-16(9-18)12-23)11-22(21(19)14-25)26-15-17-5-7-24-13-17;1-2/h2-4,6,9-11,14,17,24H,5,7-8,13,15H2,1H3;2H,1H3. The summed E-state index contributed by atoms with van der Waals surface area (Å²) in [4.78, 5) is 2.17. The third kappa shape index (κ3) is 4.70. The zero-order valence-corrected chi connectivity index (χ0v) is 17.4. The molecule has 0 aromatic heterocycles. The Kier molecular flexibility index (Phi) is 7.02. The van der Waals surface area contributed by atoms with Crippen molar-refractivity contribution in [2.45, 2.75) is 6.42 Å². The van der Waals surface area contributed by atoms with Crippen LogP contribution in [-0.4, -0.2) is 44.4 Å². The van der Waals surface area contributed by atoms with E-state index in [1.54, 1.807) is 6.26 Å². The third-order valence-electron chi connectivity index (χ3n) is 5.08. The molecule has 2 aromatic carbocycles. The fourth-order valence-corrected chi connectivity index (χ4v) is 3.59. The summed E-state index contributed by atoms with van der Waals surface area (Å²) in [6, 6.07) is 14.3. The van der Waals surface area contributed by atoms with Crippen molar-refractivity contribution >= 4 is 24.9 Å². The first kappa shape index (κ1) is 20.3. The molecule has 5 heteroatoms. The molecule has 0 radical (unpaired) electrons. The fourth-order valence-electron chi connectivity index (χ4n) is 3.59. The summed E-state index contributed by atoms with van der Waals surface area (Å²) in [5, 5.41) is 14.9. The summed E-state index contributed by atoms with van der Waals surface area (Å²) in [6.45, 7) is 3.73. The van der Waals surface area contributed by atoms with Crippen molar-refractivity contribution in [2.75, 3.05) is 39.5 Å². The van der Waals surface area contributed by atoms with Crippen LogP contribution in [0.1, 0.15) is 12.0 Å². The van der Waals surface area contributed by atoms with Crippen molar-refractivity contribution in [1.29, 1.82) is 5.26 Å². The largest absolute Gasteiger partial charge is 0.493 e. The molecule has 2 heterocycles. The Hall–Kier alpha value is -2.42. The molecule has 1 N–H and O–H groups in total. The number of nitrogens with one attached hydrogen (secondary N) is 1. The highest BCUT2D eigenvalue weighted by Crippen LogP contribution is 2.22. The molecule has 1 saturated heterocycles. The second kappa shape index (κ2) is 9.68. The molecule has 0 amide bonds. The van der Waals surface area contributed by atoms with E-state index >= 15 is 0 Å². The van der Waals surface area contributed by atoms with Gasteiger partial charge in [0.05, 0.1) is 18.2 Å². The minimum Gasteiger partial charge on any atom is -0.493 e. The number of benzene rings is 2. The third-order valence-corrected chi connectivity index (χ3v) is 5.08. The number of hydrogen-bond acceptors (Lipinski definition) is 5. The normalized spacial score (nSPS) is 17.4. The number of rotatable bonds is 4. The second-order valence-corrected chi connectivity index (χ2v) is 7.11. The van der Waals surface area contributed by atoms with E-state index in [-0.39, 0.29) is 0 Å².